The van der Waals surface area contributed by atoms with Gasteiger partial charge in [-0.2, -0.15) is 0 Å². The summed E-state index contributed by atoms with van der Waals surface area (Å²) in [5.74, 6) is -0.972. The smallest absolute Gasteiger partial charge is 0.330 e. The molecule has 0 radical (unpaired) electrons. The number of aliphatic carboxylic acids is 1. The average molecular weight is 311 g/mol. The Balaban J connectivity index is 2.12. The van der Waals surface area contributed by atoms with Crippen LogP contribution >= 0.6 is 11.6 Å². The van der Waals surface area contributed by atoms with Crippen molar-refractivity contribution in [2.45, 2.75) is 31.8 Å². The van der Waals surface area contributed by atoms with Crippen LogP contribution in [0.15, 0.2) is 24.3 Å². The van der Waals surface area contributed by atoms with Gasteiger partial charge < -0.3 is 15.7 Å². The number of carboxylic acid groups (broad SMARTS) is 1. The SMILES string of the molecule is CC1CCNC(C(=O)N[C@@H](C(=O)O)c2ccccc2Cl)C1. The van der Waals surface area contributed by atoms with Crippen molar-refractivity contribution in [1.29, 1.82) is 0 Å². The fourth-order valence-corrected chi connectivity index (χ4v) is 2.78. The first-order valence-electron chi connectivity index (χ1n) is 7.00. The van der Waals surface area contributed by atoms with E-state index in [1.807, 2.05) is 0 Å². The highest BCUT2D eigenvalue weighted by Gasteiger charge is 2.30. The number of piperidine rings is 1. The summed E-state index contributed by atoms with van der Waals surface area (Å²) in [6.45, 7) is 2.85. The molecule has 3 N–H and O–H groups in total. The minimum atomic E-state index is -1.13. The van der Waals surface area contributed by atoms with E-state index in [1.165, 1.54) is 0 Å². The number of carboxylic acids is 1. The molecule has 2 unspecified atom stereocenters. The first-order chi connectivity index (χ1) is 9.99. The summed E-state index contributed by atoms with van der Waals surface area (Å²) in [4.78, 5) is 23.7. The lowest BCUT2D eigenvalue weighted by atomic mass is 9.93. The molecule has 1 aliphatic rings. The van der Waals surface area contributed by atoms with Crippen LogP contribution in [0.3, 0.4) is 0 Å². The molecule has 1 saturated heterocycles. The van der Waals surface area contributed by atoms with Gasteiger partial charge >= 0.3 is 5.97 Å². The zero-order valence-electron chi connectivity index (χ0n) is 11.8. The van der Waals surface area contributed by atoms with E-state index in [0.717, 1.165) is 13.0 Å². The second kappa shape index (κ2) is 6.91. The summed E-state index contributed by atoms with van der Waals surface area (Å²) < 4.78 is 0. The lowest BCUT2D eigenvalue weighted by molar-refractivity contribution is -0.142. The van der Waals surface area contributed by atoms with Crippen molar-refractivity contribution in [3.8, 4) is 0 Å². The number of benzene rings is 1. The quantitative estimate of drug-likeness (QED) is 0.794. The van der Waals surface area contributed by atoms with Gasteiger partial charge in [-0.15, -0.1) is 0 Å². The van der Waals surface area contributed by atoms with Crippen molar-refractivity contribution >= 4 is 23.5 Å². The maximum absolute atomic E-state index is 12.3. The van der Waals surface area contributed by atoms with Crippen LogP contribution in [0.1, 0.15) is 31.4 Å². The summed E-state index contributed by atoms with van der Waals surface area (Å²) in [6.07, 6.45) is 1.73. The van der Waals surface area contributed by atoms with E-state index in [2.05, 4.69) is 17.6 Å². The Kier molecular flexibility index (Phi) is 5.20. The van der Waals surface area contributed by atoms with Gasteiger partial charge in [0, 0.05) is 10.6 Å². The molecule has 21 heavy (non-hydrogen) atoms. The lowest BCUT2D eigenvalue weighted by Gasteiger charge is -2.28. The molecule has 1 aromatic carbocycles. The van der Waals surface area contributed by atoms with Crippen molar-refractivity contribution in [2.75, 3.05) is 6.54 Å². The van der Waals surface area contributed by atoms with Crippen molar-refractivity contribution in [3.63, 3.8) is 0 Å². The first-order valence-corrected chi connectivity index (χ1v) is 7.38. The molecule has 1 fully saturated rings. The summed E-state index contributed by atoms with van der Waals surface area (Å²) in [6, 6.07) is 5.16. The predicted octanol–water partition coefficient (Wildman–Crippen LogP) is 1.97. The molecular weight excluding hydrogens is 292 g/mol. The van der Waals surface area contributed by atoms with E-state index in [0.29, 0.717) is 22.9 Å². The first kappa shape index (κ1) is 15.8. The van der Waals surface area contributed by atoms with E-state index in [-0.39, 0.29) is 11.9 Å². The predicted molar refractivity (Wildman–Crippen MR) is 80.2 cm³/mol. The van der Waals surface area contributed by atoms with E-state index in [1.54, 1.807) is 24.3 Å². The van der Waals surface area contributed by atoms with Gasteiger partial charge in [0.05, 0.1) is 6.04 Å². The summed E-state index contributed by atoms with van der Waals surface area (Å²) in [7, 11) is 0. The Labute approximate surface area is 128 Å². The lowest BCUT2D eigenvalue weighted by Crippen LogP contribution is -2.50. The fraction of sp³-hybridized carbons (Fsp3) is 0.467. The Morgan fingerprint density at radius 3 is 2.76 bits per heavy atom. The largest absolute Gasteiger partial charge is 0.479 e. The molecule has 1 heterocycles. The monoisotopic (exact) mass is 310 g/mol. The van der Waals surface area contributed by atoms with E-state index >= 15 is 0 Å². The molecule has 2 rings (SSSR count). The molecular formula is C15H19ClN2O3. The second-order valence-electron chi connectivity index (χ2n) is 5.44. The number of hydrogen-bond acceptors (Lipinski definition) is 3. The van der Waals surface area contributed by atoms with Crippen LogP contribution in [-0.4, -0.2) is 29.6 Å². The number of amides is 1. The number of carbonyl (C=O) groups is 2. The van der Waals surface area contributed by atoms with Crippen LogP contribution in [0.25, 0.3) is 0 Å². The van der Waals surface area contributed by atoms with Gasteiger partial charge in [-0.05, 0) is 31.4 Å². The second-order valence-corrected chi connectivity index (χ2v) is 5.84. The maximum Gasteiger partial charge on any atom is 0.330 e. The molecule has 3 atom stereocenters. The van der Waals surface area contributed by atoms with E-state index < -0.39 is 12.0 Å². The van der Waals surface area contributed by atoms with Gasteiger partial charge in [0.2, 0.25) is 5.91 Å². The van der Waals surface area contributed by atoms with E-state index in [4.69, 9.17) is 11.6 Å². The highest BCUT2D eigenvalue weighted by Crippen LogP contribution is 2.23. The Hall–Kier alpha value is -1.59. The van der Waals surface area contributed by atoms with Crippen LogP contribution < -0.4 is 10.6 Å². The van der Waals surface area contributed by atoms with Crippen LogP contribution in [0.4, 0.5) is 0 Å². The molecule has 1 aliphatic heterocycles. The fourth-order valence-electron chi connectivity index (χ4n) is 2.53. The molecule has 0 aliphatic carbocycles. The van der Waals surface area contributed by atoms with E-state index in [9.17, 15) is 14.7 Å². The van der Waals surface area contributed by atoms with Gasteiger partial charge in [-0.3, -0.25) is 4.79 Å². The van der Waals surface area contributed by atoms with Crippen molar-refractivity contribution in [3.05, 3.63) is 34.9 Å². The van der Waals surface area contributed by atoms with Crippen LogP contribution in [0.2, 0.25) is 5.02 Å². The van der Waals surface area contributed by atoms with Gasteiger partial charge in [0.15, 0.2) is 6.04 Å². The summed E-state index contributed by atoms with van der Waals surface area (Å²) in [5.41, 5.74) is 0.392. The summed E-state index contributed by atoms with van der Waals surface area (Å²) in [5, 5.41) is 15.4. The summed E-state index contributed by atoms with van der Waals surface area (Å²) >= 11 is 6.03. The highest BCUT2D eigenvalue weighted by atomic mass is 35.5. The third-order valence-corrected chi connectivity index (χ3v) is 4.08. The van der Waals surface area contributed by atoms with Crippen LogP contribution in [0.5, 0.6) is 0 Å². The molecule has 1 amide bonds. The van der Waals surface area contributed by atoms with Gasteiger partial charge in [-0.1, -0.05) is 36.7 Å². The average Bonchev–Trinajstić information content (AvgIpc) is 2.45. The Bertz CT molecular complexity index is 535. The normalized spacial score (nSPS) is 23.3. The van der Waals surface area contributed by atoms with Gasteiger partial charge in [0.25, 0.3) is 0 Å². The van der Waals surface area contributed by atoms with Crippen molar-refractivity contribution in [2.24, 2.45) is 5.92 Å². The standard InChI is InChI=1S/C15H19ClN2O3/c1-9-6-7-17-12(8-9)14(19)18-13(15(20)21)10-4-2-3-5-11(10)16/h2-5,9,12-13,17H,6-8H2,1H3,(H,18,19)(H,20,21)/t9?,12?,13-/m1/s1. The van der Waals surface area contributed by atoms with Gasteiger partial charge in [0.1, 0.15) is 0 Å². The number of carbonyl (C=O) groups excluding carboxylic acids is 1. The molecule has 6 heteroatoms. The molecule has 5 nitrogen and oxygen atoms in total. The maximum atomic E-state index is 12.3. The number of rotatable bonds is 4. The molecule has 0 spiro atoms. The minimum absolute atomic E-state index is 0.297. The zero-order valence-corrected chi connectivity index (χ0v) is 12.6. The van der Waals surface area contributed by atoms with Crippen molar-refractivity contribution < 1.29 is 14.7 Å². The number of halogens is 1. The van der Waals surface area contributed by atoms with Crippen LogP contribution in [-0.2, 0) is 9.59 Å². The number of hydrogen-bond donors (Lipinski definition) is 3. The Morgan fingerprint density at radius 2 is 2.14 bits per heavy atom. The number of nitrogens with one attached hydrogen (secondary N) is 2. The molecule has 0 saturated carbocycles. The minimum Gasteiger partial charge on any atom is -0.479 e. The third-order valence-electron chi connectivity index (χ3n) is 3.73. The molecule has 1 aromatic rings. The Morgan fingerprint density at radius 1 is 1.43 bits per heavy atom. The topological polar surface area (TPSA) is 78.4 Å². The highest BCUT2D eigenvalue weighted by molar-refractivity contribution is 6.31. The molecule has 0 aromatic heterocycles. The van der Waals surface area contributed by atoms with Crippen molar-refractivity contribution in [1.82, 2.24) is 10.6 Å². The molecule has 114 valence electrons. The zero-order chi connectivity index (χ0) is 15.4. The van der Waals surface area contributed by atoms with Gasteiger partial charge in [-0.25, -0.2) is 4.79 Å². The molecule has 0 bridgehead atoms. The third kappa shape index (κ3) is 3.95. The van der Waals surface area contributed by atoms with Crippen LogP contribution in [0, 0.1) is 5.92 Å².